The smallest absolute Gasteiger partial charge is 0.267 e. The summed E-state index contributed by atoms with van der Waals surface area (Å²) >= 11 is 13.6. The highest BCUT2D eigenvalue weighted by molar-refractivity contribution is 7.92. The minimum absolute atomic E-state index is 0.0358. The van der Waals surface area contributed by atoms with E-state index in [0.29, 0.717) is 22.0 Å². The average Bonchev–Trinajstić information content (AvgIpc) is 3.35. The van der Waals surface area contributed by atoms with Gasteiger partial charge >= 0.3 is 0 Å². The molecule has 13 heteroatoms. The number of sulfonamides is 1. The predicted molar refractivity (Wildman–Crippen MR) is 152 cm³/mol. The Kier molecular flexibility index (Phi) is 7.68. The molecule has 4 aromatic rings. The summed E-state index contributed by atoms with van der Waals surface area (Å²) in [5, 5.41) is 4.47. The van der Waals surface area contributed by atoms with Crippen molar-refractivity contribution in [1.29, 1.82) is 0 Å². The number of nitrogens with zero attached hydrogens (tertiary/aromatic N) is 6. The van der Waals surface area contributed by atoms with Crippen LogP contribution in [0.25, 0.3) is 11.3 Å². The Morgan fingerprint density at radius 3 is 2.38 bits per heavy atom. The molecule has 0 unspecified atom stereocenters. The molecule has 0 saturated carbocycles. The average molecular weight is 589 g/mol. The van der Waals surface area contributed by atoms with Gasteiger partial charge in [0.2, 0.25) is 11.8 Å². The zero-order valence-electron chi connectivity index (χ0n) is 21.6. The molecule has 1 aliphatic rings. The Morgan fingerprint density at radius 1 is 0.949 bits per heavy atom. The highest BCUT2D eigenvalue weighted by atomic mass is 35.5. The van der Waals surface area contributed by atoms with Gasteiger partial charge in [-0.1, -0.05) is 53.5 Å². The summed E-state index contributed by atoms with van der Waals surface area (Å²) in [5.41, 5.74) is 2.74. The van der Waals surface area contributed by atoms with Gasteiger partial charge in [-0.15, -0.1) is 0 Å². The highest BCUT2D eigenvalue weighted by Crippen LogP contribution is 2.41. The lowest BCUT2D eigenvalue weighted by atomic mass is 10.1. The lowest BCUT2D eigenvalue weighted by Crippen LogP contribution is -2.44. The minimum Gasteiger partial charge on any atom is -0.436 e. The van der Waals surface area contributed by atoms with E-state index in [1.165, 1.54) is 17.1 Å². The molecule has 0 amide bonds. The predicted octanol–water partition coefficient (Wildman–Crippen LogP) is 4.84. The van der Waals surface area contributed by atoms with Gasteiger partial charge in [-0.25, -0.2) is 18.1 Å². The molecule has 0 radical (unpaired) electrons. The first kappa shape index (κ1) is 27.2. The van der Waals surface area contributed by atoms with Crippen molar-refractivity contribution in [3.63, 3.8) is 0 Å². The molecule has 0 atom stereocenters. The van der Waals surface area contributed by atoms with Crippen molar-refractivity contribution in [1.82, 2.24) is 24.6 Å². The molecule has 0 spiro atoms. The van der Waals surface area contributed by atoms with Crippen LogP contribution in [-0.4, -0.2) is 66.3 Å². The third kappa shape index (κ3) is 5.81. The van der Waals surface area contributed by atoms with Crippen LogP contribution in [0.2, 0.25) is 10.0 Å². The van der Waals surface area contributed by atoms with Crippen LogP contribution in [0, 0.1) is 6.92 Å². The van der Waals surface area contributed by atoms with E-state index in [1.54, 1.807) is 13.1 Å². The van der Waals surface area contributed by atoms with Crippen LogP contribution in [0.15, 0.2) is 59.8 Å². The summed E-state index contributed by atoms with van der Waals surface area (Å²) in [6.45, 7) is 5.39. The maximum absolute atomic E-state index is 13.0. The molecular weight excluding hydrogens is 561 g/mol. The monoisotopic (exact) mass is 587 g/mol. The number of anilines is 2. The van der Waals surface area contributed by atoms with Crippen LogP contribution in [0.3, 0.4) is 0 Å². The van der Waals surface area contributed by atoms with E-state index in [1.807, 2.05) is 43.3 Å². The maximum atomic E-state index is 13.0. The summed E-state index contributed by atoms with van der Waals surface area (Å²) in [5.74, 6) is 0.0968. The number of piperazine rings is 1. The molecular formula is C26H27Cl2N7O3S. The fourth-order valence-corrected chi connectivity index (χ4v) is 5.68. The van der Waals surface area contributed by atoms with E-state index in [0.717, 1.165) is 37.4 Å². The van der Waals surface area contributed by atoms with Crippen molar-refractivity contribution in [3.05, 3.63) is 70.5 Å². The fourth-order valence-electron chi connectivity index (χ4n) is 4.25. The van der Waals surface area contributed by atoms with E-state index < -0.39 is 10.0 Å². The van der Waals surface area contributed by atoms with Crippen LogP contribution in [0.1, 0.15) is 5.56 Å². The molecule has 0 aliphatic carbocycles. The molecule has 1 saturated heterocycles. The number of aromatic nitrogens is 4. The van der Waals surface area contributed by atoms with E-state index in [9.17, 15) is 8.42 Å². The SMILES string of the molecule is Cc1ccccc1-c1nc(NS(=O)(=O)c2cnn(C)c2)nc(Oc2cccc(N3CCN(C)CC3)c2Cl)c1Cl. The van der Waals surface area contributed by atoms with E-state index in [4.69, 9.17) is 27.9 Å². The Labute approximate surface area is 237 Å². The third-order valence-corrected chi connectivity index (χ3v) is 8.43. The number of aryl methyl sites for hydroxylation is 2. The third-order valence-electron chi connectivity index (χ3n) is 6.43. The molecule has 39 heavy (non-hydrogen) atoms. The number of halogens is 2. The molecule has 1 N–H and O–H groups in total. The Hall–Kier alpha value is -3.38. The Morgan fingerprint density at radius 2 is 1.69 bits per heavy atom. The van der Waals surface area contributed by atoms with Gasteiger partial charge in [0.1, 0.15) is 20.7 Å². The van der Waals surface area contributed by atoms with E-state index in [2.05, 4.69) is 36.6 Å². The van der Waals surface area contributed by atoms with Crippen LogP contribution >= 0.6 is 23.2 Å². The first-order valence-corrected chi connectivity index (χ1v) is 14.4. The first-order chi connectivity index (χ1) is 18.6. The molecule has 3 heterocycles. The second-order valence-electron chi connectivity index (χ2n) is 9.27. The molecule has 10 nitrogen and oxygen atoms in total. The van der Waals surface area contributed by atoms with Crippen LogP contribution in [0.4, 0.5) is 11.6 Å². The zero-order valence-corrected chi connectivity index (χ0v) is 23.9. The Bertz CT molecular complexity index is 1620. The van der Waals surface area contributed by atoms with Crippen molar-refractivity contribution in [2.75, 3.05) is 42.8 Å². The zero-order chi connectivity index (χ0) is 27.7. The number of ether oxygens (including phenoxy) is 1. The summed E-state index contributed by atoms with van der Waals surface area (Å²) in [7, 11) is -0.322. The minimum atomic E-state index is -4.03. The lowest BCUT2D eigenvalue weighted by Gasteiger charge is -2.34. The van der Waals surface area contributed by atoms with E-state index in [-0.39, 0.29) is 21.7 Å². The van der Waals surface area contributed by atoms with Crippen molar-refractivity contribution in [2.45, 2.75) is 11.8 Å². The number of rotatable bonds is 7. The number of hydrogen-bond donors (Lipinski definition) is 1. The first-order valence-electron chi connectivity index (χ1n) is 12.2. The largest absolute Gasteiger partial charge is 0.436 e. The molecule has 2 aromatic carbocycles. The van der Waals surface area contributed by atoms with Gasteiger partial charge in [0.05, 0.1) is 17.6 Å². The van der Waals surface area contributed by atoms with Crippen molar-refractivity contribution < 1.29 is 13.2 Å². The second kappa shape index (κ2) is 11.0. The van der Waals surface area contributed by atoms with Gasteiger partial charge in [-0.3, -0.25) is 4.68 Å². The van der Waals surface area contributed by atoms with Gasteiger partial charge in [0.15, 0.2) is 0 Å². The quantitative estimate of drug-likeness (QED) is 0.327. The van der Waals surface area contributed by atoms with Crippen LogP contribution in [-0.2, 0) is 17.1 Å². The van der Waals surface area contributed by atoms with Gasteiger partial charge in [0.25, 0.3) is 10.0 Å². The normalized spacial score (nSPS) is 14.4. The fraction of sp³-hybridized carbons (Fsp3) is 0.269. The van der Waals surface area contributed by atoms with Crippen LogP contribution < -0.4 is 14.4 Å². The van der Waals surface area contributed by atoms with Gasteiger partial charge in [-0.2, -0.15) is 10.1 Å². The number of likely N-dealkylation sites (N-methyl/N-ethyl adjacent to an activating group) is 1. The van der Waals surface area contributed by atoms with Crippen molar-refractivity contribution in [3.8, 4) is 22.9 Å². The summed E-state index contributed by atoms with van der Waals surface area (Å²) in [6.07, 6.45) is 2.61. The number of nitrogens with one attached hydrogen (secondary N) is 1. The Balaban J connectivity index is 1.56. The summed E-state index contributed by atoms with van der Waals surface area (Å²) < 4.78 is 36.0. The lowest BCUT2D eigenvalue weighted by molar-refractivity contribution is 0.313. The maximum Gasteiger partial charge on any atom is 0.267 e. The summed E-state index contributed by atoms with van der Waals surface area (Å²) in [4.78, 5) is 13.2. The van der Waals surface area contributed by atoms with E-state index >= 15 is 0 Å². The molecule has 2 aromatic heterocycles. The molecule has 1 aliphatic heterocycles. The number of benzene rings is 2. The molecule has 5 rings (SSSR count). The summed E-state index contributed by atoms with van der Waals surface area (Å²) in [6, 6.07) is 13.0. The van der Waals surface area contributed by atoms with Crippen molar-refractivity contribution in [2.24, 2.45) is 7.05 Å². The topological polar surface area (TPSA) is 105 Å². The number of hydrogen-bond acceptors (Lipinski definition) is 8. The standard InChI is InChI=1S/C26H27Cl2N7O3S/c1-17-7-4-5-8-19(17)24-23(28)25(31-26(30-24)32-39(36,37)18-15-29-34(3)16-18)38-21-10-6-9-20(22(21)27)35-13-11-33(2)12-14-35/h4-10,15-16H,11-14H2,1-3H3,(H,30,31,32). The van der Waals surface area contributed by atoms with Gasteiger partial charge in [-0.05, 0) is 31.7 Å². The van der Waals surface area contributed by atoms with Crippen molar-refractivity contribution >= 4 is 44.9 Å². The highest BCUT2D eigenvalue weighted by Gasteiger charge is 2.24. The molecule has 0 bridgehead atoms. The van der Waals surface area contributed by atoms with Gasteiger partial charge < -0.3 is 14.5 Å². The second-order valence-corrected chi connectivity index (χ2v) is 11.7. The molecule has 1 fully saturated rings. The van der Waals surface area contributed by atoms with Gasteiger partial charge in [0, 0.05) is 45.0 Å². The molecule has 204 valence electrons. The van der Waals surface area contributed by atoms with Crippen LogP contribution in [0.5, 0.6) is 11.6 Å².